The number of amides is 1. The second-order valence-electron chi connectivity index (χ2n) is 8.65. The molecule has 1 unspecified atom stereocenters. The molecule has 2 aromatic heterocycles. The Morgan fingerprint density at radius 3 is 2.65 bits per heavy atom. The number of anilines is 4. The van der Waals surface area contributed by atoms with Crippen LogP contribution in [0.25, 0.3) is 0 Å². The number of rotatable bonds is 7. The lowest BCUT2D eigenvalue weighted by atomic mass is 9.87. The fraction of sp³-hybridized carbons (Fsp3) is 0.391. The fourth-order valence-corrected chi connectivity index (χ4v) is 4.29. The van der Waals surface area contributed by atoms with Crippen molar-refractivity contribution < 1.29 is 9.18 Å². The standard InChI is InChI=1S/C23H28ClFN8O/c1-12-8-18(25)16(15-4-6-33(7-5-15)14(3)21(26)34)10-19(12)28-23-27-11-17(24)22(30-23)29-20-9-13(2)31-32-20/h8-11,14-15H,4-7H2,1-3H3,(H2,26,34)(H3,27,28,29,30,31,32). The van der Waals surface area contributed by atoms with E-state index in [2.05, 4.69) is 30.8 Å². The van der Waals surface area contributed by atoms with Crippen LogP contribution >= 0.6 is 11.6 Å². The molecule has 11 heteroatoms. The third-order valence-electron chi connectivity index (χ3n) is 6.22. The number of benzene rings is 1. The van der Waals surface area contributed by atoms with Crippen molar-refractivity contribution in [3.8, 4) is 0 Å². The summed E-state index contributed by atoms with van der Waals surface area (Å²) < 4.78 is 14.9. The number of carbonyl (C=O) groups excluding carboxylic acids is 1. The number of hydrogen-bond acceptors (Lipinski definition) is 7. The minimum Gasteiger partial charge on any atom is -0.368 e. The average Bonchev–Trinajstić information content (AvgIpc) is 3.22. The van der Waals surface area contributed by atoms with Crippen molar-refractivity contribution in [1.82, 2.24) is 25.1 Å². The Balaban J connectivity index is 1.52. The van der Waals surface area contributed by atoms with Gasteiger partial charge < -0.3 is 16.4 Å². The van der Waals surface area contributed by atoms with E-state index in [-0.39, 0.29) is 23.7 Å². The number of H-pyrrole nitrogens is 1. The molecule has 1 aliphatic rings. The number of aromatic nitrogens is 4. The van der Waals surface area contributed by atoms with Crippen LogP contribution < -0.4 is 16.4 Å². The van der Waals surface area contributed by atoms with Gasteiger partial charge in [0.1, 0.15) is 10.8 Å². The highest BCUT2D eigenvalue weighted by Crippen LogP contribution is 2.34. The zero-order valence-corrected chi connectivity index (χ0v) is 20.1. The molecule has 1 amide bonds. The number of aromatic amines is 1. The summed E-state index contributed by atoms with van der Waals surface area (Å²) in [6.07, 6.45) is 2.98. The van der Waals surface area contributed by atoms with Gasteiger partial charge in [0.15, 0.2) is 11.6 Å². The third kappa shape index (κ3) is 5.28. The van der Waals surface area contributed by atoms with Gasteiger partial charge in [-0.3, -0.25) is 14.8 Å². The molecular formula is C23H28ClFN8O. The molecule has 3 aromatic rings. The largest absolute Gasteiger partial charge is 0.368 e. The van der Waals surface area contributed by atoms with E-state index in [9.17, 15) is 9.18 Å². The number of likely N-dealkylation sites (tertiary alicyclic amines) is 1. The van der Waals surface area contributed by atoms with Crippen LogP contribution in [0.2, 0.25) is 5.02 Å². The molecule has 1 saturated heterocycles. The van der Waals surface area contributed by atoms with Gasteiger partial charge in [0, 0.05) is 17.4 Å². The second kappa shape index (κ2) is 9.94. The lowest BCUT2D eigenvalue weighted by molar-refractivity contribution is -0.123. The highest BCUT2D eigenvalue weighted by Gasteiger charge is 2.28. The van der Waals surface area contributed by atoms with Gasteiger partial charge in [-0.2, -0.15) is 10.1 Å². The minimum absolute atomic E-state index is 0.0451. The highest BCUT2D eigenvalue weighted by atomic mass is 35.5. The van der Waals surface area contributed by atoms with E-state index >= 15 is 0 Å². The van der Waals surface area contributed by atoms with E-state index < -0.39 is 0 Å². The van der Waals surface area contributed by atoms with Crippen LogP contribution in [0.4, 0.5) is 27.7 Å². The maximum absolute atomic E-state index is 14.9. The van der Waals surface area contributed by atoms with Crippen LogP contribution in [0, 0.1) is 19.7 Å². The summed E-state index contributed by atoms with van der Waals surface area (Å²) in [5.41, 5.74) is 8.42. The number of nitrogens with two attached hydrogens (primary N) is 1. The van der Waals surface area contributed by atoms with Crippen molar-refractivity contribution in [1.29, 1.82) is 0 Å². The van der Waals surface area contributed by atoms with Crippen LogP contribution in [0.3, 0.4) is 0 Å². The molecule has 0 radical (unpaired) electrons. The Bertz CT molecular complexity index is 1190. The normalized spacial score (nSPS) is 15.8. The number of aryl methyl sites for hydroxylation is 2. The molecule has 1 aliphatic heterocycles. The molecule has 1 fully saturated rings. The fourth-order valence-electron chi connectivity index (χ4n) is 4.15. The van der Waals surface area contributed by atoms with Gasteiger partial charge in [0.05, 0.1) is 12.2 Å². The Morgan fingerprint density at radius 2 is 2.00 bits per heavy atom. The quantitative estimate of drug-likeness (QED) is 0.395. The number of nitrogens with zero attached hydrogens (tertiary/aromatic N) is 4. The maximum atomic E-state index is 14.9. The lowest BCUT2D eigenvalue weighted by Gasteiger charge is -2.35. The Hall–Kier alpha value is -3.24. The Morgan fingerprint density at radius 1 is 1.26 bits per heavy atom. The number of hydrogen-bond donors (Lipinski definition) is 4. The molecule has 180 valence electrons. The predicted molar refractivity (Wildman–Crippen MR) is 130 cm³/mol. The SMILES string of the molecule is Cc1cc(Nc2nc(Nc3cc(C4CCN(C(C)C(N)=O)CC4)c(F)cc3C)ncc2Cl)n[nH]1. The average molecular weight is 487 g/mol. The van der Waals surface area contributed by atoms with Crippen molar-refractivity contribution in [3.63, 3.8) is 0 Å². The molecule has 1 atom stereocenters. The summed E-state index contributed by atoms with van der Waals surface area (Å²) in [6.45, 7) is 6.90. The molecule has 34 heavy (non-hydrogen) atoms. The summed E-state index contributed by atoms with van der Waals surface area (Å²) in [6, 6.07) is 4.86. The topological polar surface area (TPSA) is 125 Å². The second-order valence-corrected chi connectivity index (χ2v) is 9.06. The monoisotopic (exact) mass is 486 g/mol. The molecule has 3 heterocycles. The molecule has 0 bridgehead atoms. The summed E-state index contributed by atoms with van der Waals surface area (Å²) in [5.74, 6) is 0.778. The first-order valence-electron chi connectivity index (χ1n) is 11.1. The summed E-state index contributed by atoms with van der Waals surface area (Å²) in [5, 5.41) is 13.6. The smallest absolute Gasteiger partial charge is 0.234 e. The van der Waals surface area contributed by atoms with Crippen LogP contribution in [0.15, 0.2) is 24.4 Å². The Labute approximate surface area is 202 Å². The van der Waals surface area contributed by atoms with E-state index in [0.717, 1.165) is 24.1 Å². The number of halogens is 2. The van der Waals surface area contributed by atoms with Crippen molar-refractivity contribution in [3.05, 3.63) is 52.1 Å². The molecule has 0 spiro atoms. The molecule has 1 aromatic carbocycles. The van der Waals surface area contributed by atoms with Gasteiger partial charge in [0.2, 0.25) is 11.9 Å². The molecule has 9 nitrogen and oxygen atoms in total. The number of piperidine rings is 1. The van der Waals surface area contributed by atoms with Gasteiger partial charge in [-0.15, -0.1) is 0 Å². The summed E-state index contributed by atoms with van der Waals surface area (Å²) in [7, 11) is 0. The molecule has 0 saturated carbocycles. The highest BCUT2D eigenvalue weighted by molar-refractivity contribution is 6.32. The van der Waals surface area contributed by atoms with E-state index in [1.165, 1.54) is 12.3 Å². The van der Waals surface area contributed by atoms with Gasteiger partial charge in [0.25, 0.3) is 0 Å². The van der Waals surface area contributed by atoms with Gasteiger partial charge in [-0.1, -0.05) is 11.6 Å². The molecular weight excluding hydrogens is 459 g/mol. The molecule has 4 rings (SSSR count). The van der Waals surface area contributed by atoms with E-state index in [1.807, 2.05) is 30.9 Å². The Kier molecular flexibility index (Phi) is 6.99. The predicted octanol–water partition coefficient (Wildman–Crippen LogP) is 4.15. The lowest BCUT2D eigenvalue weighted by Crippen LogP contribution is -2.46. The zero-order chi connectivity index (χ0) is 24.4. The van der Waals surface area contributed by atoms with Crippen molar-refractivity contribution >= 4 is 40.8 Å². The zero-order valence-electron chi connectivity index (χ0n) is 19.3. The number of nitrogens with one attached hydrogen (secondary N) is 3. The van der Waals surface area contributed by atoms with Crippen LogP contribution in [-0.2, 0) is 4.79 Å². The first-order valence-corrected chi connectivity index (χ1v) is 11.5. The van der Waals surface area contributed by atoms with Crippen molar-refractivity contribution in [2.45, 2.75) is 45.6 Å². The van der Waals surface area contributed by atoms with Gasteiger partial charge in [-0.25, -0.2) is 9.37 Å². The van der Waals surface area contributed by atoms with Gasteiger partial charge in [-0.05, 0) is 75.9 Å². The molecule has 0 aliphatic carbocycles. The number of primary amides is 1. The van der Waals surface area contributed by atoms with E-state index in [0.29, 0.717) is 46.9 Å². The minimum atomic E-state index is -0.342. The van der Waals surface area contributed by atoms with E-state index in [4.69, 9.17) is 17.3 Å². The first kappa shape index (κ1) is 23.9. The number of carbonyl (C=O) groups is 1. The van der Waals surface area contributed by atoms with Gasteiger partial charge >= 0.3 is 0 Å². The van der Waals surface area contributed by atoms with E-state index in [1.54, 1.807) is 6.92 Å². The van der Waals surface area contributed by atoms with Crippen molar-refractivity contribution in [2.24, 2.45) is 5.73 Å². The molecule has 5 N–H and O–H groups in total. The first-order chi connectivity index (χ1) is 16.2. The van der Waals surface area contributed by atoms with Crippen LogP contribution in [0.5, 0.6) is 0 Å². The third-order valence-corrected chi connectivity index (χ3v) is 6.49. The summed E-state index contributed by atoms with van der Waals surface area (Å²) in [4.78, 5) is 22.3. The van der Waals surface area contributed by atoms with Crippen molar-refractivity contribution in [2.75, 3.05) is 23.7 Å². The summed E-state index contributed by atoms with van der Waals surface area (Å²) >= 11 is 6.25. The van der Waals surface area contributed by atoms with Crippen LogP contribution in [-0.4, -0.2) is 50.1 Å². The maximum Gasteiger partial charge on any atom is 0.234 e. The van der Waals surface area contributed by atoms with Crippen LogP contribution in [0.1, 0.15) is 42.5 Å².